The number of halogens is 1. The summed E-state index contributed by atoms with van der Waals surface area (Å²) in [6, 6.07) is 5.00. The number of furan rings is 1. The summed E-state index contributed by atoms with van der Waals surface area (Å²) in [7, 11) is 0. The first-order valence-corrected chi connectivity index (χ1v) is 8.62. The van der Waals surface area contributed by atoms with E-state index in [-0.39, 0.29) is 18.3 Å². The lowest BCUT2D eigenvalue weighted by molar-refractivity contribution is -0.133. The van der Waals surface area contributed by atoms with Crippen LogP contribution in [0.4, 0.5) is 0 Å². The summed E-state index contributed by atoms with van der Waals surface area (Å²) < 4.78 is 5.71. The minimum Gasteiger partial charge on any atom is -0.464 e. The highest BCUT2D eigenvalue weighted by atomic mass is 35.5. The molecule has 130 valence electrons. The molecule has 2 bridgehead atoms. The van der Waals surface area contributed by atoms with Gasteiger partial charge in [-0.05, 0) is 56.8 Å². The van der Waals surface area contributed by atoms with Crippen molar-refractivity contribution in [3.05, 3.63) is 35.1 Å². The van der Waals surface area contributed by atoms with Crippen LogP contribution >= 0.6 is 12.4 Å². The zero-order valence-corrected chi connectivity index (χ0v) is 15.1. The van der Waals surface area contributed by atoms with Crippen LogP contribution in [0.25, 0.3) is 11.0 Å². The zero-order chi connectivity index (χ0) is 16.0. The van der Waals surface area contributed by atoms with Gasteiger partial charge in [-0.3, -0.25) is 4.79 Å². The average molecular weight is 349 g/mol. The van der Waals surface area contributed by atoms with Crippen molar-refractivity contribution in [1.29, 1.82) is 0 Å². The van der Waals surface area contributed by atoms with E-state index in [1.54, 1.807) is 6.26 Å². The van der Waals surface area contributed by atoms with Crippen molar-refractivity contribution in [3.63, 3.8) is 0 Å². The van der Waals surface area contributed by atoms with E-state index in [2.05, 4.69) is 36.2 Å². The monoisotopic (exact) mass is 348 g/mol. The maximum absolute atomic E-state index is 13.0. The summed E-state index contributed by atoms with van der Waals surface area (Å²) in [5.74, 6) is 0.254. The minimum absolute atomic E-state index is 0. The molecule has 1 aromatic heterocycles. The number of benzene rings is 1. The second-order valence-electron chi connectivity index (χ2n) is 7.07. The van der Waals surface area contributed by atoms with E-state index in [0.29, 0.717) is 18.5 Å². The molecule has 2 atom stereocenters. The van der Waals surface area contributed by atoms with Crippen LogP contribution in [-0.4, -0.2) is 36.0 Å². The molecule has 0 spiro atoms. The molecule has 0 saturated carbocycles. The number of nitrogens with one attached hydrogen (secondary N) is 1. The number of rotatable bonds is 2. The molecule has 24 heavy (non-hydrogen) atoms. The first-order valence-electron chi connectivity index (χ1n) is 8.62. The van der Waals surface area contributed by atoms with Gasteiger partial charge in [-0.15, -0.1) is 12.4 Å². The van der Waals surface area contributed by atoms with E-state index in [0.717, 1.165) is 48.9 Å². The molecule has 1 N–H and O–H groups in total. The van der Waals surface area contributed by atoms with Gasteiger partial charge < -0.3 is 14.6 Å². The molecule has 1 aromatic carbocycles. The number of carbonyl (C=O) groups excluding carboxylic acids is 1. The number of hydrogen-bond donors (Lipinski definition) is 1. The summed E-state index contributed by atoms with van der Waals surface area (Å²) >= 11 is 0. The van der Waals surface area contributed by atoms with Crippen molar-refractivity contribution < 1.29 is 9.21 Å². The fraction of sp³-hybridized carbons (Fsp3) is 0.526. The Kier molecular flexibility index (Phi) is 4.88. The highest BCUT2D eigenvalue weighted by Crippen LogP contribution is 2.31. The Morgan fingerprint density at radius 2 is 2.04 bits per heavy atom. The number of aryl methyl sites for hydroxylation is 2. The molecule has 1 amide bonds. The van der Waals surface area contributed by atoms with Crippen LogP contribution < -0.4 is 5.32 Å². The molecule has 0 aliphatic carbocycles. The molecule has 3 heterocycles. The van der Waals surface area contributed by atoms with Crippen LogP contribution in [0.15, 0.2) is 22.8 Å². The zero-order valence-electron chi connectivity index (χ0n) is 14.3. The van der Waals surface area contributed by atoms with Crippen LogP contribution in [0.3, 0.4) is 0 Å². The van der Waals surface area contributed by atoms with Gasteiger partial charge in [0.25, 0.3) is 0 Å². The third-order valence-electron chi connectivity index (χ3n) is 5.38. The number of carbonyl (C=O) groups is 1. The molecule has 2 fully saturated rings. The summed E-state index contributed by atoms with van der Waals surface area (Å²) in [4.78, 5) is 15.1. The number of amides is 1. The Morgan fingerprint density at radius 1 is 1.25 bits per heavy atom. The molecule has 5 heteroatoms. The molecule has 2 aliphatic rings. The fourth-order valence-corrected chi connectivity index (χ4v) is 4.40. The van der Waals surface area contributed by atoms with Gasteiger partial charge in [-0.2, -0.15) is 0 Å². The largest absolute Gasteiger partial charge is 0.464 e. The van der Waals surface area contributed by atoms with Crippen LogP contribution in [-0.2, 0) is 11.2 Å². The third-order valence-corrected chi connectivity index (χ3v) is 5.38. The van der Waals surface area contributed by atoms with E-state index in [4.69, 9.17) is 4.42 Å². The Bertz CT molecular complexity index is 741. The first kappa shape index (κ1) is 17.3. The van der Waals surface area contributed by atoms with Crippen LogP contribution in [0.5, 0.6) is 0 Å². The van der Waals surface area contributed by atoms with Crippen molar-refractivity contribution in [3.8, 4) is 0 Å². The number of hydrogen-bond acceptors (Lipinski definition) is 3. The summed E-state index contributed by atoms with van der Waals surface area (Å²) in [5, 5.41) is 4.57. The van der Waals surface area contributed by atoms with Gasteiger partial charge in [0.2, 0.25) is 5.91 Å². The summed E-state index contributed by atoms with van der Waals surface area (Å²) in [5.41, 5.74) is 4.31. The van der Waals surface area contributed by atoms with Gasteiger partial charge in [0.05, 0.1) is 12.7 Å². The number of fused-ring (bicyclic) bond motifs is 3. The number of nitrogens with zero attached hydrogens (tertiary/aromatic N) is 1. The highest BCUT2D eigenvalue weighted by molar-refractivity contribution is 5.90. The minimum atomic E-state index is 0. The van der Waals surface area contributed by atoms with Gasteiger partial charge in [-0.1, -0.05) is 6.07 Å². The molecule has 2 aliphatic heterocycles. The van der Waals surface area contributed by atoms with Crippen molar-refractivity contribution >= 4 is 29.3 Å². The van der Waals surface area contributed by atoms with Crippen LogP contribution in [0, 0.1) is 13.8 Å². The molecule has 2 saturated heterocycles. The molecule has 2 aromatic rings. The van der Waals surface area contributed by atoms with Gasteiger partial charge in [-0.25, -0.2) is 0 Å². The predicted molar refractivity (Wildman–Crippen MR) is 97.8 cm³/mol. The molecule has 0 unspecified atom stereocenters. The molecule has 4 nitrogen and oxygen atoms in total. The van der Waals surface area contributed by atoms with Crippen LogP contribution in [0.1, 0.15) is 36.0 Å². The summed E-state index contributed by atoms with van der Waals surface area (Å²) in [6.45, 7) is 6.13. The Labute approximate surface area is 149 Å². The fourth-order valence-electron chi connectivity index (χ4n) is 4.40. The lowest BCUT2D eigenvalue weighted by Crippen LogP contribution is -2.43. The molecule has 0 radical (unpaired) electrons. The second-order valence-corrected chi connectivity index (χ2v) is 7.07. The molecule has 4 rings (SSSR count). The van der Waals surface area contributed by atoms with E-state index < -0.39 is 0 Å². The van der Waals surface area contributed by atoms with E-state index in [1.807, 2.05) is 0 Å². The van der Waals surface area contributed by atoms with Gasteiger partial charge >= 0.3 is 0 Å². The SMILES string of the molecule is Cc1cc(C)c2c(CC(=O)N3[C@H]4CCNC[C@@H]3CC4)coc2c1.Cl. The Balaban J connectivity index is 0.00000169. The van der Waals surface area contributed by atoms with Crippen molar-refractivity contribution in [2.45, 2.75) is 51.6 Å². The summed E-state index contributed by atoms with van der Waals surface area (Å²) in [6.07, 6.45) is 5.58. The quantitative estimate of drug-likeness (QED) is 0.905. The third kappa shape index (κ3) is 2.93. The average Bonchev–Trinajstić information content (AvgIpc) is 2.98. The van der Waals surface area contributed by atoms with Gasteiger partial charge in [0.15, 0.2) is 0 Å². The molecular formula is C19H25ClN2O2. The standard InChI is InChI=1S/C19H24N2O2.ClH/c1-12-7-13(2)19-14(11-23-17(19)8-12)9-18(22)21-15-3-4-16(21)10-20-6-5-15;/h7-8,11,15-16,20H,3-6,9-10H2,1-2H3;1H/t15-,16+;/m1./s1. The lowest BCUT2D eigenvalue weighted by Gasteiger charge is -2.27. The van der Waals surface area contributed by atoms with Gasteiger partial charge in [0.1, 0.15) is 5.58 Å². The van der Waals surface area contributed by atoms with Crippen LogP contribution in [0.2, 0.25) is 0 Å². The normalized spacial score (nSPS) is 23.2. The second kappa shape index (κ2) is 6.77. The van der Waals surface area contributed by atoms with Gasteiger partial charge in [0, 0.05) is 29.6 Å². The molecular weight excluding hydrogens is 324 g/mol. The smallest absolute Gasteiger partial charge is 0.227 e. The van der Waals surface area contributed by atoms with E-state index >= 15 is 0 Å². The maximum Gasteiger partial charge on any atom is 0.227 e. The lowest BCUT2D eigenvalue weighted by atomic mass is 10.0. The predicted octanol–water partition coefficient (Wildman–Crippen LogP) is 3.37. The Morgan fingerprint density at radius 3 is 2.88 bits per heavy atom. The van der Waals surface area contributed by atoms with Crippen molar-refractivity contribution in [2.24, 2.45) is 0 Å². The van der Waals surface area contributed by atoms with Crippen molar-refractivity contribution in [2.75, 3.05) is 13.1 Å². The first-order chi connectivity index (χ1) is 11.1. The Hall–Kier alpha value is -1.52. The topological polar surface area (TPSA) is 45.5 Å². The maximum atomic E-state index is 13.0. The van der Waals surface area contributed by atoms with Crippen molar-refractivity contribution in [1.82, 2.24) is 10.2 Å². The van der Waals surface area contributed by atoms with E-state index in [1.165, 1.54) is 11.1 Å². The van der Waals surface area contributed by atoms with E-state index in [9.17, 15) is 4.79 Å². The highest BCUT2D eigenvalue weighted by Gasteiger charge is 2.37.